The second-order valence-electron chi connectivity index (χ2n) is 4.23. The molecule has 0 spiro atoms. The van der Waals surface area contributed by atoms with Crippen molar-refractivity contribution < 1.29 is 0 Å². The summed E-state index contributed by atoms with van der Waals surface area (Å²) < 4.78 is 2.41. The summed E-state index contributed by atoms with van der Waals surface area (Å²) in [5, 5.41) is 2.94. The first kappa shape index (κ1) is 11.4. The van der Waals surface area contributed by atoms with Crippen molar-refractivity contribution in [2.75, 3.05) is 0 Å². The Balaban J connectivity index is 2.01. The molecule has 0 fully saturated rings. The average Bonchev–Trinajstić information content (AvgIpc) is 3.00. The quantitative estimate of drug-likeness (QED) is 0.431. The molecule has 1 nitrogen and oxygen atoms in total. The molecule has 0 unspecified atom stereocenters. The maximum atomic E-state index is 6.50. The lowest BCUT2D eigenvalue weighted by Gasteiger charge is -1.90. The fraction of sp³-hybridized carbons (Fsp3) is 0. The van der Waals surface area contributed by atoms with Crippen molar-refractivity contribution in [3.05, 3.63) is 53.6 Å². The number of rotatable bonds is 1. The van der Waals surface area contributed by atoms with Crippen LogP contribution in [-0.2, 0) is 0 Å². The predicted octanol–water partition coefficient (Wildman–Crippen LogP) is 5.83. The summed E-state index contributed by atoms with van der Waals surface area (Å²) in [6, 6.07) is 16.4. The lowest BCUT2D eigenvalue weighted by Crippen LogP contribution is -1.70. The van der Waals surface area contributed by atoms with E-state index in [9.17, 15) is 0 Å². The molecule has 19 heavy (non-hydrogen) atoms. The van der Waals surface area contributed by atoms with Crippen LogP contribution in [0.5, 0.6) is 0 Å². The van der Waals surface area contributed by atoms with Crippen LogP contribution in [-0.4, -0.2) is 4.98 Å². The number of halogens is 1. The standard InChI is InChI=1S/C15H8ClNS2/c16-13-9-5-1-3-7-11(9)18-14(13)15-17-10-6-2-4-8-12(10)19-15/h1-8H. The van der Waals surface area contributed by atoms with E-state index >= 15 is 0 Å². The van der Waals surface area contributed by atoms with Crippen LogP contribution in [0.3, 0.4) is 0 Å². The summed E-state index contributed by atoms with van der Waals surface area (Å²) in [5.74, 6) is 0. The van der Waals surface area contributed by atoms with Crippen molar-refractivity contribution in [3.8, 4) is 9.88 Å². The molecule has 4 aromatic rings. The summed E-state index contributed by atoms with van der Waals surface area (Å²) in [6.45, 7) is 0. The zero-order valence-electron chi connectivity index (χ0n) is 9.76. The van der Waals surface area contributed by atoms with Gasteiger partial charge in [0.2, 0.25) is 0 Å². The van der Waals surface area contributed by atoms with Crippen LogP contribution in [0.4, 0.5) is 0 Å². The smallest absolute Gasteiger partial charge is 0.136 e. The van der Waals surface area contributed by atoms with Crippen LogP contribution in [0.1, 0.15) is 0 Å². The first-order chi connectivity index (χ1) is 9.33. The summed E-state index contributed by atoms with van der Waals surface area (Å²) in [5.41, 5.74) is 1.04. The monoisotopic (exact) mass is 301 g/mol. The highest BCUT2D eigenvalue weighted by atomic mass is 35.5. The van der Waals surface area contributed by atoms with Crippen molar-refractivity contribution in [2.24, 2.45) is 0 Å². The normalized spacial score (nSPS) is 11.4. The fourth-order valence-electron chi connectivity index (χ4n) is 2.12. The van der Waals surface area contributed by atoms with Crippen molar-refractivity contribution in [3.63, 3.8) is 0 Å². The Kier molecular flexibility index (Phi) is 2.58. The maximum Gasteiger partial charge on any atom is 0.136 e. The SMILES string of the molecule is Clc1c(-c2nc3ccccc3s2)sc2ccccc12. The number of nitrogens with zero attached hydrogens (tertiary/aromatic N) is 1. The average molecular weight is 302 g/mol. The van der Waals surface area contributed by atoms with Gasteiger partial charge in [0, 0.05) is 10.1 Å². The van der Waals surface area contributed by atoms with Gasteiger partial charge in [-0.25, -0.2) is 4.98 Å². The minimum absolute atomic E-state index is 0.819. The first-order valence-corrected chi connectivity index (χ1v) is 7.87. The van der Waals surface area contributed by atoms with Crippen molar-refractivity contribution in [2.45, 2.75) is 0 Å². The second kappa shape index (κ2) is 4.30. The third-order valence-electron chi connectivity index (χ3n) is 3.02. The van der Waals surface area contributed by atoms with Crippen LogP contribution < -0.4 is 0 Å². The molecule has 0 atom stereocenters. The Bertz CT molecular complexity index is 858. The number of benzene rings is 2. The summed E-state index contributed by atoms with van der Waals surface area (Å²) in [4.78, 5) is 5.76. The Labute approximate surface area is 123 Å². The van der Waals surface area contributed by atoms with Gasteiger partial charge in [-0.15, -0.1) is 22.7 Å². The molecule has 4 rings (SSSR count). The van der Waals surface area contributed by atoms with Gasteiger partial charge >= 0.3 is 0 Å². The van der Waals surface area contributed by atoms with Crippen LogP contribution in [0.2, 0.25) is 5.02 Å². The number of hydrogen-bond donors (Lipinski definition) is 0. The molecular formula is C15H8ClNS2. The predicted molar refractivity (Wildman–Crippen MR) is 85.4 cm³/mol. The van der Waals surface area contributed by atoms with Gasteiger partial charge in [-0.05, 0) is 18.2 Å². The topological polar surface area (TPSA) is 12.9 Å². The van der Waals surface area contributed by atoms with E-state index in [0.717, 1.165) is 25.8 Å². The lowest BCUT2D eigenvalue weighted by molar-refractivity contribution is 1.50. The highest BCUT2D eigenvalue weighted by Crippen LogP contribution is 2.44. The van der Waals surface area contributed by atoms with Crippen LogP contribution >= 0.6 is 34.3 Å². The molecule has 0 saturated heterocycles. The van der Waals surface area contributed by atoms with E-state index in [1.54, 1.807) is 22.7 Å². The minimum atomic E-state index is 0.819. The number of para-hydroxylation sites is 1. The van der Waals surface area contributed by atoms with Gasteiger partial charge in [0.05, 0.1) is 20.1 Å². The van der Waals surface area contributed by atoms with Crippen LogP contribution in [0.15, 0.2) is 48.5 Å². The third-order valence-corrected chi connectivity index (χ3v) is 5.89. The summed E-state index contributed by atoms with van der Waals surface area (Å²) in [6.07, 6.45) is 0. The number of thiophene rings is 1. The van der Waals surface area contributed by atoms with Gasteiger partial charge in [0.25, 0.3) is 0 Å². The summed E-state index contributed by atoms with van der Waals surface area (Å²) >= 11 is 9.90. The Hall–Kier alpha value is -1.42. The van der Waals surface area contributed by atoms with Gasteiger partial charge in [-0.2, -0.15) is 0 Å². The minimum Gasteiger partial charge on any atom is -0.235 e. The van der Waals surface area contributed by atoms with E-state index in [1.807, 2.05) is 30.3 Å². The van der Waals surface area contributed by atoms with Crippen LogP contribution in [0.25, 0.3) is 30.2 Å². The molecule has 0 bridgehead atoms. The van der Waals surface area contributed by atoms with E-state index in [-0.39, 0.29) is 0 Å². The molecule has 2 heterocycles. The molecule has 0 aliphatic rings. The number of fused-ring (bicyclic) bond motifs is 2. The first-order valence-electron chi connectivity index (χ1n) is 5.86. The highest BCUT2D eigenvalue weighted by Gasteiger charge is 2.15. The van der Waals surface area contributed by atoms with E-state index in [1.165, 1.54) is 9.40 Å². The molecule has 0 aliphatic heterocycles. The molecule has 2 aromatic heterocycles. The molecule has 0 radical (unpaired) electrons. The molecule has 92 valence electrons. The van der Waals surface area contributed by atoms with Gasteiger partial charge in [-0.3, -0.25) is 0 Å². The molecule has 4 heteroatoms. The van der Waals surface area contributed by atoms with Gasteiger partial charge in [0.15, 0.2) is 0 Å². The highest BCUT2D eigenvalue weighted by molar-refractivity contribution is 7.28. The van der Waals surface area contributed by atoms with Gasteiger partial charge in [-0.1, -0.05) is 41.9 Å². The van der Waals surface area contributed by atoms with Crippen LogP contribution in [0, 0.1) is 0 Å². The number of aromatic nitrogens is 1. The molecular weight excluding hydrogens is 294 g/mol. The van der Waals surface area contributed by atoms with E-state index in [2.05, 4.69) is 23.2 Å². The second-order valence-corrected chi connectivity index (χ2v) is 6.69. The Morgan fingerprint density at radius 2 is 1.58 bits per heavy atom. The Morgan fingerprint density at radius 3 is 2.37 bits per heavy atom. The van der Waals surface area contributed by atoms with E-state index in [4.69, 9.17) is 11.6 Å². The molecule has 0 N–H and O–H groups in total. The van der Waals surface area contributed by atoms with Gasteiger partial charge in [0.1, 0.15) is 5.01 Å². The third kappa shape index (κ3) is 1.77. The van der Waals surface area contributed by atoms with Crippen molar-refractivity contribution >= 4 is 54.6 Å². The molecule has 0 saturated carbocycles. The molecule has 0 aliphatic carbocycles. The fourth-order valence-corrected chi connectivity index (χ4v) is 4.74. The van der Waals surface area contributed by atoms with E-state index in [0.29, 0.717) is 0 Å². The van der Waals surface area contributed by atoms with Crippen molar-refractivity contribution in [1.82, 2.24) is 4.98 Å². The largest absolute Gasteiger partial charge is 0.235 e. The molecule has 0 amide bonds. The zero-order chi connectivity index (χ0) is 12.8. The van der Waals surface area contributed by atoms with Gasteiger partial charge < -0.3 is 0 Å². The summed E-state index contributed by atoms with van der Waals surface area (Å²) in [7, 11) is 0. The number of thiazole rings is 1. The zero-order valence-corrected chi connectivity index (χ0v) is 12.1. The maximum absolute atomic E-state index is 6.50. The Morgan fingerprint density at radius 1 is 0.842 bits per heavy atom. The van der Waals surface area contributed by atoms with E-state index < -0.39 is 0 Å². The van der Waals surface area contributed by atoms with Crippen molar-refractivity contribution in [1.29, 1.82) is 0 Å². The molecule has 2 aromatic carbocycles. The lowest BCUT2D eigenvalue weighted by atomic mass is 10.2. The number of hydrogen-bond acceptors (Lipinski definition) is 3.